The molecule has 0 N–H and O–H groups in total. The Kier molecular flexibility index (Phi) is 3.30. The largest absolute Gasteiger partial charge is 0.365 e. The Balaban J connectivity index is 1.88. The highest BCUT2D eigenvalue weighted by molar-refractivity contribution is 5.94. The molecule has 0 fully saturated rings. The average Bonchev–Trinajstić information content (AvgIpc) is 2.29. The van der Waals surface area contributed by atoms with Crippen LogP contribution < -0.4 is 0 Å². The van der Waals surface area contributed by atoms with Crippen LogP contribution >= 0.6 is 0 Å². The molecule has 2 rings (SSSR count). The minimum atomic E-state index is -0.241. The quantitative estimate of drug-likeness (QED) is 0.752. The van der Waals surface area contributed by atoms with Crippen molar-refractivity contribution in [1.82, 2.24) is 0 Å². The van der Waals surface area contributed by atoms with E-state index in [1.807, 2.05) is 36.4 Å². The molecular formula is C13H14O2. The summed E-state index contributed by atoms with van der Waals surface area (Å²) in [5.74, 6) is 0.0946. The van der Waals surface area contributed by atoms with E-state index in [1.165, 1.54) is 0 Å². The molecule has 1 aliphatic carbocycles. The van der Waals surface area contributed by atoms with Crippen LogP contribution in [-0.2, 0) is 16.1 Å². The summed E-state index contributed by atoms with van der Waals surface area (Å²) in [6, 6.07) is 9.92. The van der Waals surface area contributed by atoms with Gasteiger partial charge >= 0.3 is 0 Å². The lowest BCUT2D eigenvalue weighted by Gasteiger charge is -2.17. The lowest BCUT2D eigenvalue weighted by Crippen LogP contribution is -2.24. The van der Waals surface area contributed by atoms with Crippen molar-refractivity contribution in [1.29, 1.82) is 0 Å². The van der Waals surface area contributed by atoms with Crippen LogP contribution in [0.25, 0.3) is 0 Å². The number of benzene rings is 1. The van der Waals surface area contributed by atoms with Gasteiger partial charge in [-0.15, -0.1) is 0 Å². The van der Waals surface area contributed by atoms with Crippen molar-refractivity contribution in [3.05, 3.63) is 48.0 Å². The number of ether oxygens (including phenoxy) is 1. The molecule has 1 aromatic rings. The fourth-order valence-corrected chi connectivity index (χ4v) is 1.63. The van der Waals surface area contributed by atoms with Gasteiger partial charge in [-0.25, -0.2) is 0 Å². The second-order valence-electron chi connectivity index (χ2n) is 3.67. The molecule has 1 aromatic carbocycles. The standard InChI is InChI=1S/C13H14O2/c14-12-8-4-5-9-13(12)15-10-11-6-2-1-3-7-11/h1-4,6-8,13H,5,9-10H2. The number of hydrogen-bond donors (Lipinski definition) is 0. The van der Waals surface area contributed by atoms with E-state index in [2.05, 4.69) is 0 Å². The van der Waals surface area contributed by atoms with Crippen LogP contribution in [0.5, 0.6) is 0 Å². The summed E-state index contributed by atoms with van der Waals surface area (Å²) in [5.41, 5.74) is 1.11. The van der Waals surface area contributed by atoms with Crippen LogP contribution in [0.1, 0.15) is 18.4 Å². The molecule has 0 saturated carbocycles. The summed E-state index contributed by atoms with van der Waals surface area (Å²) < 4.78 is 5.58. The third kappa shape index (κ3) is 2.77. The van der Waals surface area contributed by atoms with Gasteiger partial charge in [0.15, 0.2) is 5.78 Å². The molecule has 2 heteroatoms. The Morgan fingerprint density at radius 2 is 2.07 bits per heavy atom. The molecule has 0 heterocycles. The molecule has 1 aliphatic rings. The molecule has 0 aromatic heterocycles. The van der Waals surface area contributed by atoms with Crippen LogP contribution in [0.15, 0.2) is 42.5 Å². The molecule has 0 spiro atoms. The maximum Gasteiger partial charge on any atom is 0.184 e. The summed E-state index contributed by atoms with van der Waals surface area (Å²) in [6.45, 7) is 0.519. The second-order valence-corrected chi connectivity index (χ2v) is 3.67. The average molecular weight is 202 g/mol. The molecule has 0 radical (unpaired) electrons. The van der Waals surface area contributed by atoms with Crippen LogP contribution in [0.4, 0.5) is 0 Å². The molecule has 0 aliphatic heterocycles. The predicted octanol–water partition coefficient (Wildman–Crippen LogP) is 2.49. The first-order valence-corrected chi connectivity index (χ1v) is 5.22. The van der Waals surface area contributed by atoms with E-state index >= 15 is 0 Å². The maximum atomic E-state index is 11.4. The van der Waals surface area contributed by atoms with Gasteiger partial charge in [0.25, 0.3) is 0 Å². The summed E-state index contributed by atoms with van der Waals surface area (Å²) in [7, 11) is 0. The van der Waals surface area contributed by atoms with Crippen LogP contribution in [0, 0.1) is 0 Å². The molecule has 1 unspecified atom stereocenters. The molecule has 0 bridgehead atoms. The fraction of sp³-hybridized carbons (Fsp3) is 0.308. The Hall–Kier alpha value is -1.41. The van der Waals surface area contributed by atoms with E-state index in [-0.39, 0.29) is 11.9 Å². The minimum absolute atomic E-state index is 0.0946. The third-order valence-corrected chi connectivity index (χ3v) is 2.49. The van der Waals surface area contributed by atoms with Crippen molar-refractivity contribution < 1.29 is 9.53 Å². The molecular weight excluding hydrogens is 188 g/mol. The molecule has 2 nitrogen and oxygen atoms in total. The lowest BCUT2D eigenvalue weighted by molar-refractivity contribution is -0.127. The lowest BCUT2D eigenvalue weighted by atomic mass is 10.0. The van der Waals surface area contributed by atoms with Crippen molar-refractivity contribution in [2.24, 2.45) is 0 Å². The summed E-state index contributed by atoms with van der Waals surface area (Å²) >= 11 is 0. The van der Waals surface area contributed by atoms with Gasteiger partial charge in [-0.3, -0.25) is 4.79 Å². The molecule has 15 heavy (non-hydrogen) atoms. The van der Waals surface area contributed by atoms with Gasteiger partial charge in [-0.2, -0.15) is 0 Å². The van der Waals surface area contributed by atoms with E-state index < -0.39 is 0 Å². The first-order chi connectivity index (χ1) is 7.36. The fourth-order valence-electron chi connectivity index (χ4n) is 1.63. The van der Waals surface area contributed by atoms with Crippen LogP contribution in [-0.4, -0.2) is 11.9 Å². The van der Waals surface area contributed by atoms with Gasteiger partial charge in [0, 0.05) is 0 Å². The van der Waals surface area contributed by atoms with Gasteiger partial charge in [0.1, 0.15) is 6.10 Å². The van der Waals surface area contributed by atoms with E-state index in [0.29, 0.717) is 6.61 Å². The van der Waals surface area contributed by atoms with E-state index in [9.17, 15) is 4.79 Å². The van der Waals surface area contributed by atoms with Crippen LogP contribution in [0.3, 0.4) is 0 Å². The first kappa shape index (κ1) is 10.1. The molecule has 0 amide bonds. The van der Waals surface area contributed by atoms with E-state index in [0.717, 1.165) is 18.4 Å². The van der Waals surface area contributed by atoms with Gasteiger partial charge in [0.05, 0.1) is 6.61 Å². The highest BCUT2D eigenvalue weighted by Gasteiger charge is 2.18. The van der Waals surface area contributed by atoms with Crippen molar-refractivity contribution in [3.63, 3.8) is 0 Å². The zero-order chi connectivity index (χ0) is 10.5. The van der Waals surface area contributed by atoms with E-state index in [4.69, 9.17) is 4.74 Å². The molecule has 1 atom stereocenters. The third-order valence-electron chi connectivity index (χ3n) is 2.49. The Bertz CT molecular complexity index is 354. The summed E-state index contributed by atoms with van der Waals surface area (Å²) in [4.78, 5) is 11.4. The number of rotatable bonds is 3. The first-order valence-electron chi connectivity index (χ1n) is 5.22. The topological polar surface area (TPSA) is 26.3 Å². The van der Waals surface area contributed by atoms with Crippen LogP contribution in [0.2, 0.25) is 0 Å². The SMILES string of the molecule is O=C1C=CCCC1OCc1ccccc1. The minimum Gasteiger partial charge on any atom is -0.365 e. The van der Waals surface area contributed by atoms with Crippen molar-refractivity contribution in [2.75, 3.05) is 0 Å². The molecule has 0 saturated heterocycles. The highest BCUT2D eigenvalue weighted by atomic mass is 16.5. The Labute approximate surface area is 89.6 Å². The van der Waals surface area contributed by atoms with Crippen molar-refractivity contribution >= 4 is 5.78 Å². The zero-order valence-corrected chi connectivity index (χ0v) is 8.56. The smallest absolute Gasteiger partial charge is 0.184 e. The number of ketones is 1. The van der Waals surface area contributed by atoms with Gasteiger partial charge in [0.2, 0.25) is 0 Å². The highest BCUT2D eigenvalue weighted by Crippen LogP contribution is 2.13. The van der Waals surface area contributed by atoms with Gasteiger partial charge in [-0.05, 0) is 24.5 Å². The summed E-state index contributed by atoms with van der Waals surface area (Å²) in [6.07, 6.45) is 5.03. The zero-order valence-electron chi connectivity index (χ0n) is 8.56. The Morgan fingerprint density at radius 1 is 1.27 bits per heavy atom. The maximum absolute atomic E-state index is 11.4. The normalized spacial score (nSPS) is 20.5. The van der Waals surface area contributed by atoms with Crippen molar-refractivity contribution in [3.8, 4) is 0 Å². The monoisotopic (exact) mass is 202 g/mol. The van der Waals surface area contributed by atoms with Gasteiger partial charge < -0.3 is 4.74 Å². The summed E-state index contributed by atoms with van der Waals surface area (Å²) in [5, 5.41) is 0. The predicted molar refractivity (Wildman–Crippen MR) is 58.4 cm³/mol. The molecule has 78 valence electrons. The van der Waals surface area contributed by atoms with Crippen molar-refractivity contribution in [2.45, 2.75) is 25.6 Å². The number of carbonyl (C=O) groups is 1. The Morgan fingerprint density at radius 3 is 2.80 bits per heavy atom. The van der Waals surface area contributed by atoms with E-state index in [1.54, 1.807) is 6.08 Å². The number of hydrogen-bond acceptors (Lipinski definition) is 2. The number of carbonyl (C=O) groups excluding carboxylic acids is 1. The number of allylic oxidation sites excluding steroid dienone is 1. The second kappa shape index (κ2) is 4.89. The van der Waals surface area contributed by atoms with Gasteiger partial charge in [-0.1, -0.05) is 36.4 Å².